The molecule has 0 bridgehead atoms. The smallest absolute Gasteiger partial charge is 0.328 e. The fraction of sp³-hybridized carbons (Fsp3) is 0.500. The van der Waals surface area contributed by atoms with Crippen LogP contribution in [0.2, 0.25) is 0 Å². The molecule has 2 aromatic rings. The summed E-state index contributed by atoms with van der Waals surface area (Å²) in [6.07, 6.45) is 1.92. The van der Waals surface area contributed by atoms with E-state index in [0.717, 1.165) is 0 Å². The average molecular weight is 831 g/mol. The number of aromatic amines is 1. The quantitative estimate of drug-likeness (QED) is 0.0242. The molecule has 16 N–H and O–H groups in total. The second kappa shape index (κ2) is 24.9. The molecule has 0 unspecified atom stereocenters. The topological polar surface area (TPSA) is 389 Å². The number of aliphatic carboxylic acids is 2. The summed E-state index contributed by atoms with van der Waals surface area (Å²) in [5, 5.41) is 43.0. The number of carboxylic acids is 2. The number of benzene rings is 1. The number of carbonyl (C=O) groups is 8. The molecule has 1 aromatic carbocycles. The zero-order chi connectivity index (χ0) is 44.1. The van der Waals surface area contributed by atoms with Gasteiger partial charge in [-0.15, -0.1) is 0 Å². The van der Waals surface area contributed by atoms with E-state index in [4.69, 9.17) is 17.2 Å². The Morgan fingerprint density at radius 1 is 0.780 bits per heavy atom. The summed E-state index contributed by atoms with van der Waals surface area (Å²) in [6.45, 7) is 2.03. The largest absolute Gasteiger partial charge is 0.481 e. The number of amides is 6. The molecule has 324 valence electrons. The van der Waals surface area contributed by atoms with Gasteiger partial charge in [0.05, 0.1) is 25.9 Å². The van der Waals surface area contributed by atoms with Gasteiger partial charge in [0, 0.05) is 31.3 Å². The fourth-order valence-electron chi connectivity index (χ4n) is 5.51. The number of aliphatic hydroxyl groups excluding tert-OH is 1. The Morgan fingerprint density at radius 3 is 1.92 bits per heavy atom. The standard InChI is InChI=1S/C36H54N12O11/c1-3-19(2)29(48-33(56)24(43-27(50)15-37)13-21-16-40-18-42-21)34(57)46-23(12-20-8-5-4-6-9-20)31(54)45-25(14-28(51)52)32(55)44-22(10-7-11-41-36(38)39)30(53)47-26(17-49)35(58)59/h4-6,8-9,16,18-19,22-26,29,49H,3,7,10-15,17,37H2,1-2H3,(H,40,42)(H,43,50)(H,44,55)(H,45,54)(H,46,57)(H,47,53)(H,48,56)(H,51,52)(H,58,59)(H4,38,39,41)/t19-,22-,23-,24-,25-,26-,29-/m0/s1. The molecular formula is C36H54N12O11. The van der Waals surface area contributed by atoms with Crippen LogP contribution in [0.1, 0.15) is 50.8 Å². The van der Waals surface area contributed by atoms with Crippen molar-refractivity contribution in [3.05, 3.63) is 54.1 Å². The molecule has 1 aromatic heterocycles. The first-order valence-electron chi connectivity index (χ1n) is 18.6. The van der Waals surface area contributed by atoms with Crippen molar-refractivity contribution in [1.82, 2.24) is 41.9 Å². The number of nitrogens with zero attached hydrogens (tertiary/aromatic N) is 2. The number of aromatic nitrogens is 2. The van der Waals surface area contributed by atoms with E-state index in [0.29, 0.717) is 17.7 Å². The summed E-state index contributed by atoms with van der Waals surface area (Å²) in [6, 6.07) is -0.617. The molecule has 23 heteroatoms. The molecule has 0 radical (unpaired) electrons. The number of H-pyrrole nitrogens is 1. The van der Waals surface area contributed by atoms with Gasteiger partial charge < -0.3 is 69.4 Å². The lowest BCUT2D eigenvalue weighted by atomic mass is 9.96. The van der Waals surface area contributed by atoms with Crippen molar-refractivity contribution in [3.8, 4) is 0 Å². The van der Waals surface area contributed by atoms with Crippen molar-refractivity contribution in [2.45, 2.75) is 88.6 Å². The van der Waals surface area contributed by atoms with Crippen LogP contribution in [0.25, 0.3) is 0 Å². The lowest BCUT2D eigenvalue weighted by Crippen LogP contribution is -2.61. The van der Waals surface area contributed by atoms with Crippen molar-refractivity contribution < 1.29 is 53.7 Å². The molecule has 0 saturated heterocycles. The second-order valence-corrected chi connectivity index (χ2v) is 13.5. The number of aliphatic imine (C=N–C) groups is 1. The van der Waals surface area contributed by atoms with Crippen LogP contribution in [-0.4, -0.2) is 135 Å². The van der Waals surface area contributed by atoms with E-state index in [2.05, 4.69) is 46.9 Å². The molecule has 2 rings (SSSR count). The molecule has 1 heterocycles. The molecule has 0 aliphatic rings. The third kappa shape index (κ3) is 17.2. The van der Waals surface area contributed by atoms with E-state index >= 15 is 0 Å². The number of carboxylic acid groups (broad SMARTS) is 2. The van der Waals surface area contributed by atoms with Crippen molar-refractivity contribution >= 4 is 53.3 Å². The van der Waals surface area contributed by atoms with Crippen LogP contribution >= 0.6 is 0 Å². The van der Waals surface area contributed by atoms with Gasteiger partial charge in [0.1, 0.15) is 36.3 Å². The van der Waals surface area contributed by atoms with Crippen molar-refractivity contribution in [2.75, 3.05) is 19.7 Å². The third-order valence-corrected chi connectivity index (χ3v) is 8.91. The number of imidazole rings is 1. The van der Waals surface area contributed by atoms with Crippen LogP contribution < -0.4 is 49.1 Å². The normalized spacial score (nSPS) is 14.4. The van der Waals surface area contributed by atoms with E-state index < -0.39 is 109 Å². The van der Waals surface area contributed by atoms with Gasteiger partial charge in [-0.2, -0.15) is 0 Å². The van der Waals surface area contributed by atoms with E-state index in [9.17, 15) is 53.7 Å². The zero-order valence-electron chi connectivity index (χ0n) is 32.7. The SMILES string of the molecule is CC[C@H](C)[C@H](NC(=O)[C@H](Cc1cnc[nH]1)NC(=O)CN)C(=O)N[C@@H](Cc1ccccc1)C(=O)N[C@@H](CC(=O)O)C(=O)N[C@@H](CCCN=C(N)N)C(=O)N[C@@H](CO)C(=O)O. The lowest BCUT2D eigenvalue weighted by molar-refractivity contribution is -0.144. The highest BCUT2D eigenvalue weighted by Gasteiger charge is 2.35. The Hall–Kier alpha value is -6.62. The van der Waals surface area contributed by atoms with Gasteiger partial charge in [-0.1, -0.05) is 50.6 Å². The summed E-state index contributed by atoms with van der Waals surface area (Å²) in [5.74, 6) is -9.29. The Labute approximate surface area is 339 Å². The average Bonchev–Trinajstić information content (AvgIpc) is 3.71. The minimum absolute atomic E-state index is 0.00810. The molecular weight excluding hydrogens is 776 g/mol. The second-order valence-electron chi connectivity index (χ2n) is 13.5. The summed E-state index contributed by atoms with van der Waals surface area (Å²) in [5.41, 5.74) is 17.2. The molecule has 6 amide bonds. The summed E-state index contributed by atoms with van der Waals surface area (Å²) >= 11 is 0. The first-order valence-corrected chi connectivity index (χ1v) is 18.6. The Morgan fingerprint density at radius 2 is 1.36 bits per heavy atom. The van der Waals surface area contributed by atoms with Crippen LogP contribution in [-0.2, 0) is 51.2 Å². The Bertz CT molecular complexity index is 1760. The van der Waals surface area contributed by atoms with Crippen LogP contribution in [0.15, 0.2) is 47.8 Å². The van der Waals surface area contributed by atoms with Gasteiger partial charge in [0.25, 0.3) is 0 Å². The number of aliphatic hydroxyl groups is 1. The summed E-state index contributed by atoms with van der Waals surface area (Å²) in [7, 11) is 0. The predicted molar refractivity (Wildman–Crippen MR) is 209 cm³/mol. The van der Waals surface area contributed by atoms with E-state index in [1.165, 1.54) is 12.5 Å². The number of nitrogens with one attached hydrogen (secondary N) is 7. The highest BCUT2D eigenvalue weighted by molar-refractivity contribution is 5.98. The van der Waals surface area contributed by atoms with Gasteiger partial charge >= 0.3 is 11.9 Å². The number of hydrogen-bond donors (Lipinski definition) is 13. The van der Waals surface area contributed by atoms with Crippen molar-refractivity contribution in [3.63, 3.8) is 0 Å². The lowest BCUT2D eigenvalue weighted by Gasteiger charge is -2.29. The van der Waals surface area contributed by atoms with Crippen LogP contribution in [0.4, 0.5) is 0 Å². The van der Waals surface area contributed by atoms with Crippen LogP contribution in [0.5, 0.6) is 0 Å². The van der Waals surface area contributed by atoms with Crippen LogP contribution in [0, 0.1) is 5.92 Å². The molecule has 7 atom stereocenters. The number of rotatable bonds is 26. The summed E-state index contributed by atoms with van der Waals surface area (Å²) in [4.78, 5) is 114. The molecule has 23 nitrogen and oxygen atoms in total. The van der Waals surface area contributed by atoms with E-state index in [-0.39, 0.29) is 38.2 Å². The van der Waals surface area contributed by atoms with Gasteiger partial charge in [-0.05, 0) is 24.3 Å². The minimum atomic E-state index is -1.84. The Balaban J connectivity index is 2.42. The molecule has 0 aliphatic heterocycles. The van der Waals surface area contributed by atoms with Crippen molar-refractivity contribution in [2.24, 2.45) is 28.1 Å². The van der Waals surface area contributed by atoms with Gasteiger partial charge in [0.15, 0.2) is 5.96 Å². The van der Waals surface area contributed by atoms with E-state index in [1.54, 1.807) is 44.2 Å². The van der Waals surface area contributed by atoms with Crippen LogP contribution in [0.3, 0.4) is 0 Å². The van der Waals surface area contributed by atoms with Gasteiger partial charge in [-0.25, -0.2) is 9.78 Å². The molecule has 0 spiro atoms. The molecule has 0 aliphatic carbocycles. The molecule has 0 saturated carbocycles. The van der Waals surface area contributed by atoms with E-state index in [1.807, 2.05) is 0 Å². The highest BCUT2D eigenvalue weighted by atomic mass is 16.4. The van der Waals surface area contributed by atoms with Gasteiger partial charge in [0.2, 0.25) is 35.4 Å². The predicted octanol–water partition coefficient (Wildman–Crippen LogP) is -4.29. The summed E-state index contributed by atoms with van der Waals surface area (Å²) < 4.78 is 0. The maximum atomic E-state index is 14.0. The van der Waals surface area contributed by atoms with Gasteiger partial charge in [-0.3, -0.25) is 38.6 Å². The number of guanidine groups is 1. The fourth-order valence-corrected chi connectivity index (χ4v) is 5.51. The first kappa shape index (κ1) is 48.5. The number of hydrogen-bond acceptors (Lipinski definition) is 12. The maximum absolute atomic E-state index is 14.0. The minimum Gasteiger partial charge on any atom is -0.481 e. The zero-order valence-corrected chi connectivity index (χ0v) is 32.7. The maximum Gasteiger partial charge on any atom is 0.328 e. The number of carbonyl (C=O) groups excluding carboxylic acids is 6. The molecule has 0 fully saturated rings. The highest BCUT2D eigenvalue weighted by Crippen LogP contribution is 2.12. The van der Waals surface area contributed by atoms with Crippen molar-refractivity contribution in [1.29, 1.82) is 0 Å². The molecule has 59 heavy (non-hydrogen) atoms. The third-order valence-electron chi connectivity index (χ3n) is 8.91. The number of nitrogens with two attached hydrogens (primary N) is 3. The Kier molecular flexibility index (Phi) is 20.5. The first-order chi connectivity index (χ1) is 28.0. The monoisotopic (exact) mass is 830 g/mol.